The van der Waals surface area contributed by atoms with Crippen molar-refractivity contribution in [1.82, 2.24) is 0 Å². The molecule has 2 N–H and O–H groups in total. The zero-order valence-electron chi connectivity index (χ0n) is 31.8. The quantitative estimate of drug-likeness (QED) is 0.0562. The molecule has 0 bridgehead atoms. The second kappa shape index (κ2) is 20.7. The Bertz CT molecular complexity index is 1980. The highest BCUT2D eigenvalue weighted by Gasteiger charge is 2.38. The van der Waals surface area contributed by atoms with E-state index in [1.807, 2.05) is 6.92 Å². The fourth-order valence-electron chi connectivity index (χ4n) is 5.27. The van der Waals surface area contributed by atoms with E-state index in [9.17, 15) is 57.9 Å². The van der Waals surface area contributed by atoms with Crippen LogP contribution in [0.1, 0.15) is 80.5 Å². The summed E-state index contributed by atoms with van der Waals surface area (Å²) in [6, 6.07) is 9.57. The van der Waals surface area contributed by atoms with E-state index in [0.717, 1.165) is 37.5 Å². The van der Waals surface area contributed by atoms with E-state index in [1.54, 1.807) is 20.8 Å². The van der Waals surface area contributed by atoms with Gasteiger partial charge in [0.15, 0.2) is 11.6 Å². The SMILES string of the molecule is CCC=O.CCc1cc(C(F)(F)F)ccc1-c1cc(OCc2cc(F)c(OC(C)=O)c(F)c2)c(Cl)cc1N.CO[C@H](c1cc(C(F)(F)F)cc(C(F)(F)F)c1)C(C)C. The Labute approximate surface area is 332 Å². The second-order valence-electron chi connectivity index (χ2n) is 12.7. The first-order valence-electron chi connectivity index (χ1n) is 17.1. The number of nitrogens with two attached hydrogens (primary N) is 1. The zero-order valence-corrected chi connectivity index (χ0v) is 32.5. The highest BCUT2D eigenvalue weighted by atomic mass is 35.5. The van der Waals surface area contributed by atoms with Gasteiger partial charge in [-0.3, -0.25) is 4.79 Å². The number of carbonyl (C=O) groups excluding carboxylic acids is 2. The molecule has 0 saturated heterocycles. The Morgan fingerprint density at radius 1 is 0.793 bits per heavy atom. The van der Waals surface area contributed by atoms with Crippen molar-refractivity contribution in [2.75, 3.05) is 12.8 Å². The average Bonchev–Trinajstić information content (AvgIpc) is 3.12. The van der Waals surface area contributed by atoms with Gasteiger partial charge in [-0.2, -0.15) is 39.5 Å². The van der Waals surface area contributed by atoms with Crippen molar-refractivity contribution in [3.63, 3.8) is 0 Å². The number of ether oxygens (including phenoxy) is 3. The van der Waals surface area contributed by atoms with Crippen LogP contribution >= 0.6 is 11.6 Å². The molecular formula is C40H39ClF11NO5. The van der Waals surface area contributed by atoms with E-state index in [4.69, 9.17) is 26.8 Å². The summed E-state index contributed by atoms with van der Waals surface area (Å²) < 4.78 is 159. The van der Waals surface area contributed by atoms with Crippen molar-refractivity contribution < 1.29 is 72.1 Å². The third-order valence-electron chi connectivity index (χ3n) is 7.87. The van der Waals surface area contributed by atoms with Crippen molar-refractivity contribution in [3.8, 4) is 22.6 Å². The number of nitrogen functional groups attached to an aromatic ring is 1. The van der Waals surface area contributed by atoms with Gasteiger partial charge in [0, 0.05) is 31.7 Å². The van der Waals surface area contributed by atoms with Crippen LogP contribution in [-0.2, 0) is 45.9 Å². The summed E-state index contributed by atoms with van der Waals surface area (Å²) in [6.07, 6.45) is -13.2. The Hall–Kier alpha value is -4.90. The molecule has 0 aliphatic heterocycles. The summed E-state index contributed by atoms with van der Waals surface area (Å²) >= 11 is 6.20. The Kier molecular flexibility index (Phi) is 17.6. The molecule has 58 heavy (non-hydrogen) atoms. The summed E-state index contributed by atoms with van der Waals surface area (Å²) in [5.74, 6) is -4.02. The number of anilines is 1. The number of aldehydes is 1. The van der Waals surface area contributed by atoms with Crippen LogP contribution in [0.2, 0.25) is 5.02 Å². The highest BCUT2D eigenvalue weighted by Crippen LogP contribution is 2.41. The number of rotatable bonds is 10. The summed E-state index contributed by atoms with van der Waals surface area (Å²) in [5.41, 5.74) is 4.09. The minimum atomic E-state index is -4.84. The van der Waals surface area contributed by atoms with Crippen LogP contribution in [0.3, 0.4) is 0 Å². The number of methoxy groups -OCH3 is 1. The first-order valence-corrected chi connectivity index (χ1v) is 17.5. The normalized spacial score (nSPS) is 12.2. The average molecular weight is 858 g/mol. The highest BCUT2D eigenvalue weighted by molar-refractivity contribution is 6.32. The first kappa shape index (κ1) is 49.2. The smallest absolute Gasteiger partial charge is 0.416 e. The van der Waals surface area contributed by atoms with Crippen molar-refractivity contribution in [3.05, 3.63) is 111 Å². The largest absolute Gasteiger partial charge is 0.487 e. The lowest BCUT2D eigenvalue weighted by Crippen LogP contribution is -2.15. The van der Waals surface area contributed by atoms with Gasteiger partial charge in [-0.05, 0) is 89.2 Å². The molecule has 4 aromatic rings. The minimum absolute atomic E-state index is 0.0871. The van der Waals surface area contributed by atoms with Crippen molar-refractivity contribution in [2.45, 2.75) is 78.7 Å². The molecule has 0 spiro atoms. The maximum atomic E-state index is 14.1. The number of aryl methyl sites for hydroxylation is 1. The van der Waals surface area contributed by atoms with Gasteiger partial charge >= 0.3 is 24.5 Å². The molecular weight excluding hydrogens is 819 g/mol. The van der Waals surface area contributed by atoms with Crippen LogP contribution in [0.5, 0.6) is 11.5 Å². The van der Waals surface area contributed by atoms with E-state index < -0.39 is 64.7 Å². The molecule has 0 heterocycles. The number of benzene rings is 4. The summed E-state index contributed by atoms with van der Waals surface area (Å²) in [4.78, 5) is 20.2. The minimum Gasteiger partial charge on any atom is -0.487 e. The van der Waals surface area contributed by atoms with Gasteiger partial charge in [0.05, 0.1) is 27.8 Å². The molecule has 0 fully saturated rings. The standard InChI is InChI=1S/C24H19ClF5NO3.C13H14F6O.C3H6O/c1-3-14-8-15(24(28,29)30)4-5-16(14)17-9-22(18(25)10-21(17)31)33-11-13-6-19(26)23(20(27)7-13)34-12(2)32;1-7(2)11(20-3)8-4-9(12(14,15)16)6-10(5-8)13(17,18)19;1-2-3-4/h4-10H,3,11,31H2,1-2H3;4-7,11H,1-3H3;3H,2H2,1H3/t;11-;/m.0./s1. The van der Waals surface area contributed by atoms with E-state index in [0.29, 0.717) is 41.7 Å². The predicted octanol–water partition coefficient (Wildman–Crippen LogP) is 12.6. The molecule has 1 atom stereocenters. The van der Waals surface area contributed by atoms with Crippen LogP contribution in [0.25, 0.3) is 11.1 Å². The molecule has 18 heteroatoms. The molecule has 0 saturated carbocycles. The summed E-state index contributed by atoms with van der Waals surface area (Å²) in [7, 11) is 1.25. The second-order valence-corrected chi connectivity index (χ2v) is 13.1. The lowest BCUT2D eigenvalue weighted by Gasteiger charge is -2.22. The molecule has 6 nitrogen and oxygen atoms in total. The molecule has 0 aromatic heterocycles. The van der Waals surface area contributed by atoms with E-state index in [1.165, 1.54) is 25.3 Å². The van der Waals surface area contributed by atoms with Gasteiger partial charge in [0.1, 0.15) is 18.6 Å². The molecule has 318 valence electrons. The van der Waals surface area contributed by atoms with E-state index in [-0.39, 0.29) is 46.2 Å². The monoisotopic (exact) mass is 857 g/mol. The topological polar surface area (TPSA) is 87.9 Å². The Morgan fingerprint density at radius 3 is 1.72 bits per heavy atom. The maximum absolute atomic E-state index is 14.1. The number of hydrogen-bond acceptors (Lipinski definition) is 6. The fraction of sp³-hybridized carbons (Fsp3) is 0.350. The van der Waals surface area contributed by atoms with Crippen LogP contribution in [0.4, 0.5) is 54.0 Å². The third-order valence-corrected chi connectivity index (χ3v) is 8.17. The molecule has 0 amide bonds. The number of alkyl halides is 9. The number of esters is 1. The maximum Gasteiger partial charge on any atom is 0.416 e. The summed E-state index contributed by atoms with van der Waals surface area (Å²) in [5, 5.41) is 0.101. The zero-order chi connectivity index (χ0) is 44.3. The van der Waals surface area contributed by atoms with Crippen molar-refractivity contribution in [2.24, 2.45) is 5.92 Å². The predicted molar refractivity (Wildman–Crippen MR) is 195 cm³/mol. The van der Waals surface area contributed by atoms with Crippen molar-refractivity contribution >= 4 is 29.5 Å². The summed E-state index contributed by atoms with van der Waals surface area (Å²) in [6.45, 7) is 7.55. The number of halogens is 12. The van der Waals surface area contributed by atoms with Gasteiger partial charge < -0.3 is 24.7 Å². The van der Waals surface area contributed by atoms with E-state index in [2.05, 4.69) is 4.74 Å². The van der Waals surface area contributed by atoms with Gasteiger partial charge in [-0.1, -0.05) is 45.4 Å². The first-order chi connectivity index (χ1) is 26.8. The Balaban J connectivity index is 0.000000409. The Morgan fingerprint density at radius 2 is 1.31 bits per heavy atom. The van der Waals surface area contributed by atoms with Gasteiger partial charge in [0.2, 0.25) is 5.75 Å². The number of carbonyl (C=O) groups is 2. The molecule has 0 aliphatic rings. The van der Waals surface area contributed by atoms with Crippen LogP contribution < -0.4 is 15.2 Å². The lowest BCUT2D eigenvalue weighted by atomic mass is 9.94. The van der Waals surface area contributed by atoms with Gasteiger partial charge in [-0.15, -0.1) is 0 Å². The molecule has 4 rings (SSSR count). The van der Waals surface area contributed by atoms with Crippen molar-refractivity contribution in [1.29, 1.82) is 0 Å². The molecule has 4 aromatic carbocycles. The van der Waals surface area contributed by atoms with Crippen LogP contribution in [0, 0.1) is 17.6 Å². The van der Waals surface area contributed by atoms with Crippen LogP contribution in [-0.4, -0.2) is 19.4 Å². The molecule has 0 radical (unpaired) electrons. The number of hydrogen-bond donors (Lipinski definition) is 1. The third kappa shape index (κ3) is 13.9. The van der Waals surface area contributed by atoms with Crippen LogP contribution in [0.15, 0.2) is 60.7 Å². The molecule has 0 aliphatic carbocycles. The molecule has 0 unspecified atom stereocenters. The van der Waals surface area contributed by atoms with Gasteiger partial charge in [-0.25, -0.2) is 8.78 Å². The van der Waals surface area contributed by atoms with Gasteiger partial charge in [0.25, 0.3) is 0 Å². The fourth-order valence-corrected chi connectivity index (χ4v) is 5.50. The van der Waals surface area contributed by atoms with E-state index >= 15 is 0 Å². The lowest BCUT2D eigenvalue weighted by molar-refractivity contribution is -0.143.